The normalized spacial score (nSPS) is 17.1. The van der Waals surface area contributed by atoms with Gasteiger partial charge in [0.1, 0.15) is 11.5 Å². The maximum atomic E-state index is 13.9. The molecule has 2 aliphatic rings. The Morgan fingerprint density at radius 3 is 2.47 bits per heavy atom. The molecule has 2 aromatic rings. The van der Waals surface area contributed by atoms with Gasteiger partial charge < -0.3 is 15.5 Å². The molecule has 3 heterocycles. The highest BCUT2D eigenvalue weighted by molar-refractivity contribution is 7.17. The van der Waals surface area contributed by atoms with Gasteiger partial charge >= 0.3 is 0 Å². The summed E-state index contributed by atoms with van der Waals surface area (Å²) < 4.78 is 27.8. The number of carbonyl (C=O) groups is 2. The van der Waals surface area contributed by atoms with Crippen LogP contribution in [0.15, 0.2) is 12.3 Å². The Morgan fingerprint density at radius 2 is 1.94 bits per heavy atom. The molecule has 4 rings (SSSR count). The van der Waals surface area contributed by atoms with Gasteiger partial charge in [-0.15, -0.1) is 11.3 Å². The lowest BCUT2D eigenvalue weighted by molar-refractivity contribution is 0.0743. The molecule has 2 amide bonds. The number of nitrogens with one attached hydrogen (secondary N) is 2. The number of hydrogen-bond acceptors (Lipinski definition) is 6. The van der Waals surface area contributed by atoms with Crippen LogP contribution in [-0.4, -0.2) is 52.9 Å². The number of pyridine rings is 1. The van der Waals surface area contributed by atoms with Gasteiger partial charge in [0.2, 0.25) is 0 Å². The molecule has 34 heavy (non-hydrogen) atoms. The first kappa shape index (κ1) is 26.0. The molecule has 2 aromatic heterocycles. The number of carbonyl (C=O) groups excluding carboxylic acids is 2. The molecule has 2 N–H and O–H groups in total. The summed E-state index contributed by atoms with van der Waals surface area (Å²) in [7, 11) is 1.45. The zero-order valence-corrected chi connectivity index (χ0v) is 20.8. The molecule has 7 nitrogen and oxygen atoms in total. The molecule has 1 aliphatic carbocycles. The highest BCUT2D eigenvalue weighted by atomic mass is 32.1. The Balaban J connectivity index is 0.000000732. The molecule has 0 spiro atoms. The first-order valence-corrected chi connectivity index (χ1v) is 12.7. The maximum absolute atomic E-state index is 13.9. The van der Waals surface area contributed by atoms with E-state index >= 15 is 0 Å². The second-order valence-electron chi connectivity index (χ2n) is 8.56. The number of halogens is 2. The van der Waals surface area contributed by atoms with Gasteiger partial charge in [-0.05, 0) is 32.3 Å². The molecule has 1 unspecified atom stereocenters. The van der Waals surface area contributed by atoms with Gasteiger partial charge in [0.15, 0.2) is 5.01 Å². The Kier molecular flexibility index (Phi) is 9.32. The lowest BCUT2D eigenvalue weighted by Crippen LogP contribution is -2.34. The number of nitrogens with zero attached hydrogens (tertiary/aromatic N) is 3. The third kappa shape index (κ3) is 6.08. The number of anilines is 1. The molecule has 0 radical (unpaired) electrons. The average Bonchev–Trinajstić information content (AvgIpc) is 3.42. The van der Waals surface area contributed by atoms with E-state index in [0.717, 1.165) is 30.6 Å². The molecule has 10 heteroatoms. The standard InChI is InChI=1S/C20H25F2N5O2S.C4H8/c1-4-7-24-14-9-12(17(21)22)13(10-25-14)16-15(26-19(30-16)18(28)23-3)20(29)27-8-5-6-11(27)2;1-2-4-3-1/h9-11,17H,4-8H2,1-3H3,(H,23,28)(H,24,25);1-4H2. The van der Waals surface area contributed by atoms with Gasteiger partial charge in [0.25, 0.3) is 18.2 Å². The zero-order valence-electron chi connectivity index (χ0n) is 20.0. The van der Waals surface area contributed by atoms with Crippen molar-refractivity contribution in [1.29, 1.82) is 0 Å². The van der Waals surface area contributed by atoms with E-state index in [4.69, 9.17) is 0 Å². The highest BCUT2D eigenvalue weighted by Gasteiger charge is 2.32. The van der Waals surface area contributed by atoms with Crippen LogP contribution in [0.1, 0.15) is 91.1 Å². The summed E-state index contributed by atoms with van der Waals surface area (Å²) in [6.07, 6.45) is 7.12. The molecule has 2 fully saturated rings. The average molecular weight is 494 g/mol. The van der Waals surface area contributed by atoms with Crippen LogP contribution in [0.3, 0.4) is 0 Å². The first-order chi connectivity index (χ1) is 16.4. The van der Waals surface area contributed by atoms with E-state index in [1.165, 1.54) is 45.0 Å². The Labute approximate surface area is 203 Å². The molecule has 186 valence electrons. The smallest absolute Gasteiger partial charge is 0.280 e. The van der Waals surface area contributed by atoms with Gasteiger partial charge in [0.05, 0.1) is 4.88 Å². The van der Waals surface area contributed by atoms with Crippen molar-refractivity contribution in [2.24, 2.45) is 0 Å². The fraction of sp³-hybridized carbons (Fsp3) is 0.583. The van der Waals surface area contributed by atoms with E-state index < -0.39 is 12.3 Å². The van der Waals surface area contributed by atoms with Crippen LogP contribution in [-0.2, 0) is 0 Å². The lowest BCUT2D eigenvalue weighted by Gasteiger charge is -2.21. The monoisotopic (exact) mass is 493 g/mol. The Hall–Kier alpha value is -2.62. The third-order valence-electron chi connectivity index (χ3n) is 6.04. The van der Waals surface area contributed by atoms with Crippen molar-refractivity contribution in [3.63, 3.8) is 0 Å². The van der Waals surface area contributed by atoms with Crippen molar-refractivity contribution >= 4 is 29.0 Å². The van der Waals surface area contributed by atoms with E-state index in [-0.39, 0.29) is 38.7 Å². The molecule has 1 aliphatic heterocycles. The third-order valence-corrected chi connectivity index (χ3v) is 7.12. The summed E-state index contributed by atoms with van der Waals surface area (Å²) in [5.74, 6) is -0.481. The van der Waals surface area contributed by atoms with Crippen molar-refractivity contribution in [1.82, 2.24) is 20.2 Å². The van der Waals surface area contributed by atoms with Crippen molar-refractivity contribution < 1.29 is 18.4 Å². The second-order valence-corrected chi connectivity index (χ2v) is 9.56. The number of likely N-dealkylation sites (tertiary alicyclic amines) is 1. The van der Waals surface area contributed by atoms with Gasteiger partial charge in [-0.25, -0.2) is 18.7 Å². The predicted molar refractivity (Wildman–Crippen MR) is 131 cm³/mol. The van der Waals surface area contributed by atoms with E-state index in [1.807, 2.05) is 13.8 Å². The fourth-order valence-electron chi connectivity index (χ4n) is 3.66. The van der Waals surface area contributed by atoms with Crippen molar-refractivity contribution in [3.8, 4) is 10.4 Å². The summed E-state index contributed by atoms with van der Waals surface area (Å²) in [6, 6.07) is 1.32. The zero-order chi connectivity index (χ0) is 24.7. The number of hydrogen-bond donors (Lipinski definition) is 2. The highest BCUT2D eigenvalue weighted by Crippen LogP contribution is 2.38. The van der Waals surface area contributed by atoms with Gasteiger partial charge in [-0.2, -0.15) is 0 Å². The molecule has 1 atom stereocenters. The second kappa shape index (κ2) is 12.2. The summed E-state index contributed by atoms with van der Waals surface area (Å²) in [5.41, 5.74) is -0.112. The van der Waals surface area contributed by atoms with Crippen molar-refractivity contribution in [2.75, 3.05) is 25.5 Å². The van der Waals surface area contributed by atoms with E-state index in [0.29, 0.717) is 18.9 Å². The van der Waals surface area contributed by atoms with Crippen LogP contribution < -0.4 is 10.6 Å². The molecule has 1 saturated heterocycles. The summed E-state index contributed by atoms with van der Waals surface area (Å²) in [5, 5.41) is 5.52. The van der Waals surface area contributed by atoms with Gasteiger partial charge in [-0.1, -0.05) is 32.6 Å². The fourth-order valence-corrected chi connectivity index (χ4v) is 4.70. The summed E-state index contributed by atoms with van der Waals surface area (Å²) in [6.45, 7) is 5.08. The van der Waals surface area contributed by atoms with E-state index in [9.17, 15) is 18.4 Å². The summed E-state index contributed by atoms with van der Waals surface area (Å²) >= 11 is 0.925. The lowest BCUT2D eigenvalue weighted by atomic mass is 10.0. The molecule has 0 aromatic carbocycles. The SMILES string of the molecule is C1CCC1.CCCNc1cc(C(F)F)c(-c2sc(C(=O)NC)nc2C(=O)N2CCCC2C)cn1. The topological polar surface area (TPSA) is 87.2 Å². The number of thiazole rings is 1. The molecular weight excluding hydrogens is 460 g/mol. The van der Waals surface area contributed by atoms with Crippen molar-refractivity contribution in [3.05, 3.63) is 28.5 Å². The number of aromatic nitrogens is 2. The molecule has 0 bridgehead atoms. The number of rotatable bonds is 7. The Morgan fingerprint density at radius 1 is 1.24 bits per heavy atom. The maximum Gasteiger partial charge on any atom is 0.280 e. The molecule has 1 saturated carbocycles. The quantitative estimate of drug-likeness (QED) is 0.531. The minimum absolute atomic E-state index is 0.0188. The van der Waals surface area contributed by atoms with E-state index in [1.54, 1.807) is 4.90 Å². The van der Waals surface area contributed by atoms with Crippen LogP contribution in [0.25, 0.3) is 10.4 Å². The molecular formula is C24H33F2N5O2S. The van der Waals surface area contributed by atoms with Crippen LogP contribution in [0, 0.1) is 0 Å². The number of amides is 2. The number of alkyl halides is 2. The minimum Gasteiger partial charge on any atom is -0.370 e. The van der Waals surface area contributed by atoms with Crippen LogP contribution in [0.2, 0.25) is 0 Å². The Bertz CT molecular complexity index is 990. The van der Waals surface area contributed by atoms with Crippen LogP contribution in [0.4, 0.5) is 14.6 Å². The first-order valence-electron chi connectivity index (χ1n) is 11.9. The largest absolute Gasteiger partial charge is 0.370 e. The van der Waals surface area contributed by atoms with Crippen LogP contribution >= 0.6 is 11.3 Å². The van der Waals surface area contributed by atoms with Gasteiger partial charge in [0, 0.05) is 43.5 Å². The van der Waals surface area contributed by atoms with E-state index in [2.05, 4.69) is 20.6 Å². The van der Waals surface area contributed by atoms with Gasteiger partial charge in [-0.3, -0.25) is 9.59 Å². The van der Waals surface area contributed by atoms with Crippen LogP contribution in [0.5, 0.6) is 0 Å². The minimum atomic E-state index is -2.77. The predicted octanol–water partition coefficient (Wildman–Crippen LogP) is 5.51. The van der Waals surface area contributed by atoms with Crippen molar-refractivity contribution in [2.45, 2.75) is 71.3 Å². The summed E-state index contributed by atoms with van der Waals surface area (Å²) in [4.78, 5) is 35.7.